The van der Waals surface area contributed by atoms with Crippen molar-refractivity contribution < 1.29 is 4.55 Å². The van der Waals surface area contributed by atoms with Crippen LogP contribution >= 0.6 is 34.7 Å². The molecule has 2 aromatic heterocycles. The van der Waals surface area contributed by atoms with Crippen molar-refractivity contribution in [2.75, 3.05) is 4.72 Å². The zero-order chi connectivity index (χ0) is 14.3. The highest BCUT2D eigenvalue weighted by atomic mass is 35.5. The first kappa shape index (κ1) is 14.0. The normalized spacial score (nSPS) is 12.8. The monoisotopic (exact) mass is 345 g/mol. The first-order chi connectivity index (χ1) is 9.56. The molecule has 4 nitrogen and oxygen atoms in total. The second-order valence-corrected chi connectivity index (χ2v) is 7.09. The van der Waals surface area contributed by atoms with Gasteiger partial charge in [0.05, 0.1) is 17.1 Å². The topological polar surface area (TPSA) is 63.8 Å². The molecule has 1 atom stereocenters. The van der Waals surface area contributed by atoms with Gasteiger partial charge in [0.15, 0.2) is 0 Å². The van der Waals surface area contributed by atoms with E-state index in [0.717, 1.165) is 15.8 Å². The lowest BCUT2D eigenvalue weighted by molar-refractivity contribution is 0.601. The van der Waals surface area contributed by atoms with Crippen LogP contribution in [0.5, 0.6) is 0 Å². The number of aryl methyl sites for hydroxylation is 1. The molecule has 2 N–H and O–H groups in total. The van der Waals surface area contributed by atoms with E-state index in [1.165, 1.54) is 11.5 Å². The zero-order valence-corrected chi connectivity index (χ0v) is 13.4. The van der Waals surface area contributed by atoms with Gasteiger partial charge >= 0.3 is 0 Å². The molecule has 1 aromatic carbocycles. The third-order valence-electron chi connectivity index (χ3n) is 2.79. The molecule has 0 amide bonds. The summed E-state index contributed by atoms with van der Waals surface area (Å²) < 4.78 is 19.3. The average Bonchev–Trinajstić information content (AvgIpc) is 2.96. The maximum Gasteiger partial charge on any atom is 0.205 e. The molecule has 0 aliphatic rings. The maximum atomic E-state index is 12.4. The van der Waals surface area contributed by atoms with E-state index < -0.39 is 11.4 Å². The molecule has 0 bridgehead atoms. The third-order valence-corrected chi connectivity index (χ3v) is 5.46. The number of hydrogen-bond donors (Lipinski definition) is 2. The van der Waals surface area contributed by atoms with Crippen molar-refractivity contribution in [1.29, 1.82) is 0 Å². The van der Waals surface area contributed by atoms with Crippen molar-refractivity contribution in [3.63, 3.8) is 0 Å². The van der Waals surface area contributed by atoms with Crippen LogP contribution in [0.1, 0.15) is 4.88 Å². The smallest absolute Gasteiger partial charge is 0.205 e. The van der Waals surface area contributed by atoms with Crippen molar-refractivity contribution in [1.82, 2.24) is 9.36 Å². The van der Waals surface area contributed by atoms with Gasteiger partial charge in [0.1, 0.15) is 16.4 Å². The number of benzene rings is 1. The lowest BCUT2D eigenvalue weighted by atomic mass is 10.2. The highest BCUT2D eigenvalue weighted by Gasteiger charge is 2.21. The van der Waals surface area contributed by atoms with E-state index in [-0.39, 0.29) is 0 Å². The van der Waals surface area contributed by atoms with E-state index in [0.29, 0.717) is 20.8 Å². The minimum absolute atomic E-state index is 0.441. The van der Waals surface area contributed by atoms with Crippen LogP contribution in [0, 0.1) is 6.92 Å². The summed E-state index contributed by atoms with van der Waals surface area (Å²) in [5.74, 6) is 0.441. The highest BCUT2D eigenvalue weighted by molar-refractivity contribution is 7.93. The second kappa shape index (κ2) is 5.46. The quantitative estimate of drug-likeness (QED) is 0.692. The Balaban J connectivity index is 1.92. The first-order valence-electron chi connectivity index (χ1n) is 5.63. The van der Waals surface area contributed by atoms with Crippen molar-refractivity contribution in [3.8, 4) is 0 Å². The summed E-state index contributed by atoms with van der Waals surface area (Å²) >= 11 is 11.8. The van der Waals surface area contributed by atoms with Gasteiger partial charge in [0, 0.05) is 9.90 Å². The zero-order valence-electron chi connectivity index (χ0n) is 10.2. The second-order valence-electron chi connectivity index (χ2n) is 4.11. The molecule has 3 rings (SSSR count). The van der Waals surface area contributed by atoms with Crippen molar-refractivity contribution in [3.05, 3.63) is 39.3 Å². The molecule has 0 radical (unpaired) electrons. The molecule has 0 aliphatic heterocycles. The van der Waals surface area contributed by atoms with E-state index in [9.17, 15) is 4.55 Å². The molecule has 0 fully saturated rings. The number of nitrogens with zero attached hydrogens (tertiary/aromatic N) is 1. The third kappa shape index (κ3) is 2.49. The number of rotatable bonds is 3. The van der Waals surface area contributed by atoms with Crippen LogP contribution < -0.4 is 4.72 Å². The van der Waals surface area contributed by atoms with Gasteiger partial charge in [-0.1, -0.05) is 23.2 Å². The number of nitrogens with one attached hydrogen (secondary N) is 2. The van der Waals surface area contributed by atoms with Crippen LogP contribution in [0.4, 0.5) is 5.82 Å². The highest BCUT2D eigenvalue weighted by Crippen LogP contribution is 2.31. The molecule has 8 heteroatoms. The Morgan fingerprint density at radius 3 is 2.90 bits per heavy atom. The summed E-state index contributed by atoms with van der Waals surface area (Å²) in [7, 11) is 0. The molecule has 3 aromatic rings. The number of aromatic amines is 1. The van der Waals surface area contributed by atoms with Gasteiger partial charge in [-0.05, 0) is 36.7 Å². The number of H-pyrrole nitrogens is 1. The standard InChI is InChI=1S/C12H9Cl2N3OS2/c1-6-11(14)12(16-19-6)17-20(18)10-5-15-9-4-7(13)2-3-8(9)10/h2-5,15H,1H3,(H,16,17). The van der Waals surface area contributed by atoms with Crippen molar-refractivity contribution >= 4 is 62.8 Å². The van der Waals surface area contributed by atoms with Crippen molar-refractivity contribution in [2.24, 2.45) is 0 Å². The fourth-order valence-corrected chi connectivity index (χ4v) is 3.84. The Bertz CT molecular complexity index is 771. The number of halogens is 2. The predicted octanol–water partition coefficient (Wildman–Crippen LogP) is 4.37. The van der Waals surface area contributed by atoms with E-state index in [1.54, 1.807) is 18.3 Å². The lowest BCUT2D eigenvalue weighted by Crippen LogP contribution is -2.13. The summed E-state index contributed by atoms with van der Waals surface area (Å²) in [6.45, 7) is 1.86. The average molecular weight is 346 g/mol. The van der Waals surface area contributed by atoms with E-state index in [4.69, 9.17) is 23.2 Å². The Kier molecular flexibility index (Phi) is 3.83. The maximum absolute atomic E-state index is 12.4. The van der Waals surface area contributed by atoms with Gasteiger partial charge < -0.3 is 9.54 Å². The van der Waals surface area contributed by atoms with Crippen LogP contribution in [-0.2, 0) is 11.4 Å². The molecule has 2 heterocycles. The molecule has 0 saturated carbocycles. The number of aromatic nitrogens is 2. The number of fused-ring (bicyclic) bond motifs is 1. The summed E-state index contributed by atoms with van der Waals surface area (Å²) in [5.41, 5.74) is 0.836. The minimum Gasteiger partial charge on any atom is -0.588 e. The summed E-state index contributed by atoms with van der Waals surface area (Å²) in [6.07, 6.45) is 1.69. The fraction of sp³-hybridized carbons (Fsp3) is 0.0833. The van der Waals surface area contributed by atoms with Gasteiger partial charge in [-0.2, -0.15) is 9.10 Å². The Morgan fingerprint density at radius 2 is 2.20 bits per heavy atom. The van der Waals surface area contributed by atoms with Crippen LogP contribution in [0.2, 0.25) is 10.0 Å². The first-order valence-corrected chi connectivity index (χ1v) is 8.31. The minimum atomic E-state index is -1.45. The van der Waals surface area contributed by atoms with Gasteiger partial charge in [0.25, 0.3) is 0 Å². The molecule has 0 spiro atoms. The van der Waals surface area contributed by atoms with Crippen LogP contribution in [0.3, 0.4) is 0 Å². The van der Waals surface area contributed by atoms with Gasteiger partial charge in [-0.25, -0.2) is 0 Å². The molecular weight excluding hydrogens is 337 g/mol. The van der Waals surface area contributed by atoms with Crippen LogP contribution in [0.15, 0.2) is 29.3 Å². The molecule has 104 valence electrons. The SMILES string of the molecule is Cc1snc(N[S+]([O-])c2c[nH]c3cc(Cl)ccc23)c1Cl. The largest absolute Gasteiger partial charge is 0.588 e. The predicted molar refractivity (Wildman–Crippen MR) is 85.2 cm³/mol. The molecule has 0 saturated heterocycles. The Labute approximate surface area is 132 Å². The Hall–Kier alpha value is -0.920. The molecule has 0 aliphatic carbocycles. The molecule has 1 unspecified atom stereocenters. The van der Waals surface area contributed by atoms with Gasteiger partial charge in [-0.15, -0.1) is 0 Å². The van der Waals surface area contributed by atoms with Crippen molar-refractivity contribution in [2.45, 2.75) is 11.8 Å². The number of anilines is 1. The van der Waals surface area contributed by atoms with Gasteiger partial charge in [-0.3, -0.25) is 0 Å². The van der Waals surface area contributed by atoms with E-state index in [1.807, 2.05) is 13.0 Å². The molecule has 20 heavy (non-hydrogen) atoms. The lowest BCUT2D eigenvalue weighted by Gasteiger charge is -2.08. The summed E-state index contributed by atoms with van der Waals surface area (Å²) in [4.78, 5) is 4.57. The molecular formula is C12H9Cl2N3OS2. The summed E-state index contributed by atoms with van der Waals surface area (Å²) in [6, 6.07) is 5.38. The van der Waals surface area contributed by atoms with Gasteiger partial charge in [0.2, 0.25) is 10.7 Å². The fourth-order valence-electron chi connectivity index (χ4n) is 1.79. The van der Waals surface area contributed by atoms with Crippen LogP contribution in [-0.4, -0.2) is 13.9 Å². The Morgan fingerprint density at radius 1 is 1.40 bits per heavy atom. The van der Waals surface area contributed by atoms with E-state index >= 15 is 0 Å². The van der Waals surface area contributed by atoms with Crippen LogP contribution in [0.25, 0.3) is 10.9 Å². The summed E-state index contributed by atoms with van der Waals surface area (Å²) in [5, 5.41) is 1.98. The van der Waals surface area contributed by atoms with E-state index in [2.05, 4.69) is 14.1 Å². The number of hydrogen-bond acceptors (Lipinski definition) is 4.